The highest BCUT2D eigenvalue weighted by molar-refractivity contribution is 6.40. The maximum Gasteiger partial charge on any atom is 0.0620 e. The van der Waals surface area contributed by atoms with Gasteiger partial charge in [0.1, 0.15) is 0 Å². The number of hydrogen-bond acceptors (Lipinski definition) is 0. The fraction of sp³-hybridized carbons (Fsp3) is 0.133. The van der Waals surface area contributed by atoms with Gasteiger partial charge in [0, 0.05) is 54.8 Å². The Kier molecular flexibility index (Phi) is 7.79. The van der Waals surface area contributed by atoms with E-state index in [4.69, 9.17) is 0 Å². The van der Waals surface area contributed by atoms with Crippen molar-refractivity contribution in [1.82, 2.24) is 9.13 Å². The molecule has 0 fully saturated rings. The second-order valence-electron chi connectivity index (χ2n) is 19.4. The molecule has 2 heterocycles. The van der Waals surface area contributed by atoms with E-state index in [1.165, 1.54) is 109 Å². The van der Waals surface area contributed by atoms with Crippen molar-refractivity contribution < 1.29 is 0 Å². The summed E-state index contributed by atoms with van der Waals surface area (Å²) < 4.78 is 5.13. The zero-order chi connectivity index (χ0) is 42.1. The maximum atomic E-state index is 2.57. The van der Waals surface area contributed by atoms with Gasteiger partial charge in [-0.05, 0) is 115 Å². The minimum Gasteiger partial charge on any atom is -0.309 e. The quantitative estimate of drug-likeness (QED) is 0.157. The number of benzene rings is 10. The van der Waals surface area contributed by atoms with E-state index in [0.29, 0.717) is 0 Å². The molecule has 0 saturated carbocycles. The van der Waals surface area contributed by atoms with E-state index < -0.39 is 0 Å². The zero-order valence-electron chi connectivity index (χ0n) is 36.2. The van der Waals surface area contributed by atoms with Crippen LogP contribution in [-0.4, -0.2) is 9.13 Å². The Bertz CT molecular complexity index is 3480. The summed E-state index contributed by atoms with van der Waals surface area (Å²) in [5.74, 6) is 0. The molecule has 62 heavy (non-hydrogen) atoms. The molecule has 2 heteroatoms. The first kappa shape index (κ1) is 36.7. The van der Waals surface area contributed by atoms with Crippen molar-refractivity contribution in [2.45, 2.75) is 52.4 Å². The Morgan fingerprint density at radius 2 is 0.661 bits per heavy atom. The number of para-hydroxylation sites is 2. The molecule has 10 aromatic carbocycles. The first-order valence-corrected chi connectivity index (χ1v) is 22.0. The van der Waals surface area contributed by atoms with Gasteiger partial charge in [-0.1, -0.05) is 163 Å². The lowest BCUT2D eigenvalue weighted by Gasteiger charge is -2.26. The second kappa shape index (κ2) is 13.2. The predicted molar refractivity (Wildman–Crippen MR) is 267 cm³/mol. The number of hydrogen-bond donors (Lipinski definition) is 0. The Morgan fingerprint density at radius 3 is 1.06 bits per heavy atom. The van der Waals surface area contributed by atoms with Crippen LogP contribution < -0.4 is 0 Å². The largest absolute Gasteiger partial charge is 0.309 e. The maximum absolute atomic E-state index is 2.57. The third-order valence-electron chi connectivity index (χ3n) is 13.5. The summed E-state index contributed by atoms with van der Waals surface area (Å²) in [6.07, 6.45) is 0. The van der Waals surface area contributed by atoms with E-state index in [0.717, 1.165) is 11.4 Å². The molecule has 0 atom stereocenters. The van der Waals surface area contributed by atoms with Crippen molar-refractivity contribution in [3.8, 4) is 33.9 Å². The highest BCUT2D eigenvalue weighted by Gasteiger charge is 2.29. The average molecular weight is 797 g/mol. The van der Waals surface area contributed by atoms with Gasteiger partial charge in [-0.3, -0.25) is 0 Å². The van der Waals surface area contributed by atoms with Gasteiger partial charge in [0.25, 0.3) is 0 Å². The van der Waals surface area contributed by atoms with Crippen LogP contribution in [0.5, 0.6) is 0 Å². The summed E-state index contributed by atoms with van der Waals surface area (Å²) in [5, 5.41) is 15.4. The van der Waals surface area contributed by atoms with Crippen LogP contribution in [-0.2, 0) is 10.8 Å². The fourth-order valence-electron chi connectivity index (χ4n) is 10.4. The normalized spacial score (nSPS) is 12.7. The molecule has 2 nitrogen and oxygen atoms in total. The van der Waals surface area contributed by atoms with Gasteiger partial charge in [0.05, 0.1) is 22.4 Å². The Balaban J connectivity index is 1.37. The van der Waals surface area contributed by atoms with Gasteiger partial charge in [0.15, 0.2) is 0 Å². The predicted octanol–water partition coefficient (Wildman–Crippen LogP) is 16.7. The molecule has 0 unspecified atom stereocenters. The Morgan fingerprint density at radius 1 is 0.306 bits per heavy atom. The fourth-order valence-corrected chi connectivity index (χ4v) is 10.4. The van der Waals surface area contributed by atoms with Crippen LogP contribution in [0.1, 0.15) is 52.7 Å². The minimum absolute atomic E-state index is 0.106. The lowest BCUT2D eigenvalue weighted by Crippen LogP contribution is -2.12. The third-order valence-corrected chi connectivity index (χ3v) is 13.5. The standard InChI is InChI=1S/C60H48N2/c1-59(2,3)39-31-47-49-35-53(45-29-17-21-37-19-13-15-27-43(37)45)62(42-25-11-8-12-26-42)58(49)52-34-40(60(4,5)6)32-48-50-36-54(46-30-18-22-38-20-14-16-28-44(38)46)61(41-23-9-7-10-24-41)57(50)51(33-39)55(47)56(48)52/h7-36H,1-6H3. The van der Waals surface area contributed by atoms with E-state index in [1.807, 2.05) is 0 Å². The first-order valence-electron chi connectivity index (χ1n) is 22.0. The average Bonchev–Trinajstić information content (AvgIpc) is 3.89. The lowest BCUT2D eigenvalue weighted by molar-refractivity contribution is 0.591. The van der Waals surface area contributed by atoms with Gasteiger partial charge in [-0.2, -0.15) is 0 Å². The van der Waals surface area contributed by atoms with E-state index in [9.17, 15) is 0 Å². The van der Waals surface area contributed by atoms with Gasteiger partial charge in [-0.25, -0.2) is 0 Å². The molecule has 0 radical (unpaired) electrons. The minimum atomic E-state index is -0.106. The molecular weight excluding hydrogens is 749 g/mol. The molecule has 0 spiro atoms. The summed E-state index contributed by atoms with van der Waals surface area (Å²) >= 11 is 0. The lowest BCUT2D eigenvalue weighted by atomic mass is 9.79. The van der Waals surface area contributed by atoms with Gasteiger partial charge >= 0.3 is 0 Å². The Labute approximate surface area is 362 Å². The van der Waals surface area contributed by atoms with Crippen LogP contribution >= 0.6 is 0 Å². The van der Waals surface area contributed by atoms with E-state index in [1.54, 1.807) is 0 Å². The van der Waals surface area contributed by atoms with Crippen LogP contribution in [0.25, 0.3) is 110 Å². The van der Waals surface area contributed by atoms with Gasteiger partial charge in [-0.15, -0.1) is 0 Å². The molecule has 12 rings (SSSR count). The van der Waals surface area contributed by atoms with Gasteiger partial charge < -0.3 is 9.13 Å². The van der Waals surface area contributed by atoms with Crippen molar-refractivity contribution in [2.75, 3.05) is 0 Å². The smallest absolute Gasteiger partial charge is 0.0620 e. The first-order chi connectivity index (χ1) is 30.0. The summed E-state index contributed by atoms with van der Waals surface area (Å²) in [6.45, 7) is 14.2. The van der Waals surface area contributed by atoms with Crippen LogP contribution in [0, 0.1) is 0 Å². The van der Waals surface area contributed by atoms with Crippen molar-refractivity contribution in [3.05, 3.63) is 193 Å². The zero-order valence-corrected chi connectivity index (χ0v) is 36.2. The highest BCUT2D eigenvalue weighted by Crippen LogP contribution is 2.52. The molecule has 0 amide bonds. The molecule has 298 valence electrons. The van der Waals surface area contributed by atoms with Crippen LogP contribution in [0.2, 0.25) is 0 Å². The van der Waals surface area contributed by atoms with Gasteiger partial charge in [0.2, 0.25) is 0 Å². The second-order valence-corrected chi connectivity index (χ2v) is 19.4. The van der Waals surface area contributed by atoms with Crippen molar-refractivity contribution in [3.63, 3.8) is 0 Å². The SMILES string of the molecule is CC(C)(C)c1cc2c3cc(-c4cccc5ccccc45)n(-c4ccccc4)c3c3cc(C(C)(C)C)cc4c5cc(-c6cccc7ccccc67)n(-c6ccccc6)c5c(c1)c2c43. The topological polar surface area (TPSA) is 9.86 Å². The molecule has 12 aromatic rings. The summed E-state index contributed by atoms with van der Waals surface area (Å²) in [4.78, 5) is 0. The summed E-state index contributed by atoms with van der Waals surface area (Å²) in [6, 6.07) is 68.3. The molecule has 0 aliphatic carbocycles. The third kappa shape index (κ3) is 5.36. The summed E-state index contributed by atoms with van der Waals surface area (Å²) in [5.41, 5.74) is 12.1. The van der Waals surface area contributed by atoms with Crippen LogP contribution in [0.4, 0.5) is 0 Å². The van der Waals surface area contributed by atoms with E-state index in [2.05, 4.69) is 233 Å². The monoisotopic (exact) mass is 796 g/mol. The van der Waals surface area contributed by atoms with Crippen LogP contribution in [0.15, 0.2) is 182 Å². The highest BCUT2D eigenvalue weighted by atomic mass is 15.0. The molecule has 0 aliphatic heterocycles. The number of aromatic nitrogens is 2. The van der Waals surface area contributed by atoms with Crippen molar-refractivity contribution >= 4 is 75.7 Å². The molecular formula is C60H48N2. The van der Waals surface area contributed by atoms with Crippen molar-refractivity contribution in [1.29, 1.82) is 0 Å². The molecule has 0 aliphatic rings. The molecule has 0 bridgehead atoms. The molecule has 0 N–H and O–H groups in total. The van der Waals surface area contributed by atoms with E-state index >= 15 is 0 Å². The summed E-state index contributed by atoms with van der Waals surface area (Å²) in [7, 11) is 0. The molecule has 0 saturated heterocycles. The Hall–Kier alpha value is -7.16. The van der Waals surface area contributed by atoms with Crippen molar-refractivity contribution in [2.24, 2.45) is 0 Å². The number of rotatable bonds is 4. The molecule has 2 aromatic heterocycles. The van der Waals surface area contributed by atoms with Crippen LogP contribution in [0.3, 0.4) is 0 Å². The number of fused-ring (bicyclic) bond motifs is 8. The number of nitrogens with zero attached hydrogens (tertiary/aromatic N) is 2. The van der Waals surface area contributed by atoms with E-state index in [-0.39, 0.29) is 10.8 Å².